The van der Waals surface area contributed by atoms with E-state index in [1.54, 1.807) is 0 Å². The van der Waals surface area contributed by atoms with E-state index in [1.165, 1.54) is 28.6 Å². The lowest BCUT2D eigenvalue weighted by molar-refractivity contribution is 0.0642. The minimum atomic E-state index is -3.91. The minimum absolute atomic E-state index is 0.0635. The second kappa shape index (κ2) is 13.0. The van der Waals surface area contributed by atoms with Crippen molar-refractivity contribution in [3.63, 3.8) is 0 Å². The van der Waals surface area contributed by atoms with Gasteiger partial charge in [0.25, 0.3) is 0 Å². The maximum atomic E-state index is 13.5. The summed E-state index contributed by atoms with van der Waals surface area (Å²) in [6, 6.07) is 14.6. The zero-order valence-corrected chi connectivity index (χ0v) is 21.7. The molecule has 0 spiro atoms. The molecule has 1 amide bonds. The Bertz CT molecular complexity index is 1060. The number of amides is 1. The van der Waals surface area contributed by atoms with Crippen LogP contribution in [0.5, 0.6) is 0 Å². The van der Waals surface area contributed by atoms with Gasteiger partial charge in [-0.3, -0.25) is 0 Å². The molecule has 1 aliphatic heterocycles. The fraction of sp³-hybridized carbons (Fsp3) is 0.500. The predicted octanol–water partition coefficient (Wildman–Crippen LogP) is 2.79. The van der Waals surface area contributed by atoms with Crippen molar-refractivity contribution in [2.75, 3.05) is 32.0 Å². The van der Waals surface area contributed by atoms with Crippen LogP contribution in [0, 0.1) is 5.92 Å². The Morgan fingerprint density at radius 3 is 2.50 bits per heavy atom. The molecule has 0 bridgehead atoms. The Balaban J connectivity index is 1.81. The van der Waals surface area contributed by atoms with E-state index in [4.69, 9.17) is 15.2 Å². The third-order valence-electron chi connectivity index (χ3n) is 6.35. The van der Waals surface area contributed by atoms with Crippen molar-refractivity contribution in [3.8, 4) is 0 Å². The summed E-state index contributed by atoms with van der Waals surface area (Å²) >= 11 is 0. The largest absolute Gasteiger partial charge is 0.444 e. The molecule has 3 unspecified atom stereocenters. The molecule has 1 heterocycles. The van der Waals surface area contributed by atoms with Crippen LogP contribution in [0.3, 0.4) is 0 Å². The molecule has 1 saturated heterocycles. The number of hydrogen-bond donors (Lipinski definition) is 3. The van der Waals surface area contributed by atoms with Crippen molar-refractivity contribution >= 4 is 21.8 Å². The molecule has 0 radical (unpaired) electrons. The third-order valence-corrected chi connectivity index (χ3v) is 8.19. The summed E-state index contributed by atoms with van der Waals surface area (Å²) in [6.45, 7) is 4.84. The molecule has 10 heteroatoms. The smallest absolute Gasteiger partial charge is 0.407 e. The number of aliphatic hydroxyl groups is 1. The number of ether oxygens (including phenoxy) is 2. The Hall–Kier alpha value is -2.66. The quantitative estimate of drug-likeness (QED) is 0.368. The summed E-state index contributed by atoms with van der Waals surface area (Å²) in [5.41, 5.74) is 7.09. The number of nitrogens with one attached hydrogen (secondary N) is 1. The van der Waals surface area contributed by atoms with Crippen molar-refractivity contribution in [3.05, 3.63) is 60.2 Å². The average Bonchev–Trinajstić information content (AvgIpc) is 3.36. The van der Waals surface area contributed by atoms with Gasteiger partial charge in [0.1, 0.15) is 6.10 Å². The van der Waals surface area contributed by atoms with Crippen LogP contribution in [-0.4, -0.2) is 68.5 Å². The van der Waals surface area contributed by atoms with Gasteiger partial charge < -0.3 is 25.6 Å². The summed E-state index contributed by atoms with van der Waals surface area (Å²) in [5.74, 6) is 0.0635. The summed E-state index contributed by atoms with van der Waals surface area (Å²) in [4.78, 5) is 12.7. The van der Waals surface area contributed by atoms with Crippen LogP contribution in [0.4, 0.5) is 10.5 Å². The Morgan fingerprint density at radius 1 is 1.19 bits per heavy atom. The lowest BCUT2D eigenvalue weighted by Crippen LogP contribution is -2.51. The summed E-state index contributed by atoms with van der Waals surface area (Å²) in [7, 11) is -3.91. The highest BCUT2D eigenvalue weighted by atomic mass is 32.2. The Morgan fingerprint density at radius 2 is 1.89 bits per heavy atom. The van der Waals surface area contributed by atoms with Crippen LogP contribution in [0.1, 0.15) is 32.3 Å². The summed E-state index contributed by atoms with van der Waals surface area (Å²) in [6.07, 6.45) is -0.511. The molecule has 36 heavy (non-hydrogen) atoms. The molecule has 0 saturated carbocycles. The Labute approximate surface area is 213 Å². The zero-order chi connectivity index (χ0) is 26.1. The maximum absolute atomic E-state index is 13.5. The second-order valence-electron chi connectivity index (χ2n) is 9.30. The first kappa shape index (κ1) is 27.9. The van der Waals surface area contributed by atoms with E-state index < -0.39 is 28.3 Å². The van der Waals surface area contributed by atoms with Gasteiger partial charge in [-0.2, -0.15) is 4.31 Å². The van der Waals surface area contributed by atoms with Crippen LogP contribution in [0.25, 0.3) is 0 Å². The number of carbonyl (C=O) groups excluding carboxylic acids is 1. The predicted molar refractivity (Wildman–Crippen MR) is 138 cm³/mol. The number of sulfonamides is 1. The highest BCUT2D eigenvalue weighted by Gasteiger charge is 2.32. The summed E-state index contributed by atoms with van der Waals surface area (Å²) in [5, 5.41) is 14.0. The first-order chi connectivity index (χ1) is 17.2. The van der Waals surface area contributed by atoms with Crippen LogP contribution >= 0.6 is 0 Å². The van der Waals surface area contributed by atoms with E-state index in [2.05, 4.69) is 5.32 Å². The van der Waals surface area contributed by atoms with Gasteiger partial charge in [-0.25, -0.2) is 13.2 Å². The van der Waals surface area contributed by atoms with E-state index in [0.29, 0.717) is 31.7 Å². The Kier molecular flexibility index (Phi) is 10.1. The number of nitrogens with two attached hydrogens (primary N) is 1. The molecule has 3 rings (SSSR count). The van der Waals surface area contributed by atoms with Gasteiger partial charge in [0, 0.05) is 25.2 Å². The van der Waals surface area contributed by atoms with Crippen molar-refractivity contribution < 1.29 is 27.8 Å². The number of carbonyl (C=O) groups is 1. The molecule has 0 aliphatic carbocycles. The van der Waals surface area contributed by atoms with E-state index in [1.807, 2.05) is 44.2 Å². The van der Waals surface area contributed by atoms with Crippen LogP contribution in [-0.2, 0) is 25.9 Å². The van der Waals surface area contributed by atoms with Crippen molar-refractivity contribution in [2.45, 2.75) is 56.3 Å². The first-order valence-corrected chi connectivity index (χ1v) is 13.8. The van der Waals surface area contributed by atoms with Gasteiger partial charge in [0.15, 0.2) is 0 Å². The second-order valence-corrected chi connectivity index (χ2v) is 11.2. The van der Waals surface area contributed by atoms with E-state index >= 15 is 0 Å². The molecule has 1 aliphatic rings. The average molecular weight is 520 g/mol. The number of rotatable bonds is 12. The highest BCUT2D eigenvalue weighted by Crippen LogP contribution is 2.21. The first-order valence-electron chi connectivity index (χ1n) is 12.3. The fourth-order valence-corrected chi connectivity index (χ4v) is 5.54. The number of nitrogens with zero attached hydrogens (tertiary/aromatic N) is 1. The standard InChI is InChI=1S/C26H37N3O6S/c1-3-19(2)16-29(36(32,33)23-11-9-21(27)10-12-23)17-25(30)24(15-20-7-5-4-6-8-20)28-26(31)35-22-13-14-34-18-22/h4-12,19,22,24-25,30H,3,13-18,27H2,1-2H3,(H,28,31)/t19-,22?,24?,25?/m0/s1. The lowest BCUT2D eigenvalue weighted by Gasteiger charge is -2.31. The number of benzene rings is 2. The molecular weight excluding hydrogens is 482 g/mol. The molecule has 1 fully saturated rings. The molecule has 2 aromatic carbocycles. The van der Waals surface area contributed by atoms with Gasteiger partial charge >= 0.3 is 6.09 Å². The zero-order valence-electron chi connectivity index (χ0n) is 20.9. The van der Waals surface area contributed by atoms with E-state index in [-0.39, 0.29) is 30.0 Å². The van der Waals surface area contributed by atoms with Gasteiger partial charge in [-0.05, 0) is 42.2 Å². The van der Waals surface area contributed by atoms with Gasteiger partial charge in [0.2, 0.25) is 10.0 Å². The number of anilines is 1. The number of aliphatic hydroxyl groups excluding tert-OH is 1. The number of alkyl carbamates (subject to hydrolysis) is 1. The fourth-order valence-electron chi connectivity index (χ4n) is 3.97. The highest BCUT2D eigenvalue weighted by molar-refractivity contribution is 7.89. The molecule has 4 N–H and O–H groups in total. The third kappa shape index (κ3) is 7.92. The van der Waals surface area contributed by atoms with E-state index in [9.17, 15) is 18.3 Å². The van der Waals surface area contributed by atoms with Crippen LogP contribution < -0.4 is 11.1 Å². The SMILES string of the molecule is CC[C@H](C)CN(CC(O)C(Cc1ccccc1)NC(=O)OC1CCOC1)S(=O)(=O)c1ccc(N)cc1. The monoisotopic (exact) mass is 519 g/mol. The minimum Gasteiger partial charge on any atom is -0.444 e. The van der Waals surface area contributed by atoms with Crippen LogP contribution in [0.15, 0.2) is 59.5 Å². The number of nitrogen functional groups attached to an aromatic ring is 1. The maximum Gasteiger partial charge on any atom is 0.407 e. The van der Waals surface area contributed by atoms with E-state index in [0.717, 1.165) is 12.0 Å². The number of hydrogen-bond acceptors (Lipinski definition) is 7. The topological polar surface area (TPSA) is 131 Å². The molecule has 0 aromatic heterocycles. The van der Waals surface area contributed by atoms with Gasteiger partial charge in [-0.15, -0.1) is 0 Å². The molecule has 2 aromatic rings. The molecule has 4 atom stereocenters. The van der Waals surface area contributed by atoms with Crippen molar-refractivity contribution in [1.29, 1.82) is 0 Å². The van der Waals surface area contributed by atoms with Gasteiger partial charge in [-0.1, -0.05) is 50.6 Å². The summed E-state index contributed by atoms with van der Waals surface area (Å²) < 4.78 is 39.0. The molecule has 9 nitrogen and oxygen atoms in total. The van der Waals surface area contributed by atoms with Crippen LogP contribution in [0.2, 0.25) is 0 Å². The normalized spacial score (nSPS) is 18.5. The van der Waals surface area contributed by atoms with Gasteiger partial charge in [0.05, 0.1) is 30.3 Å². The molecular formula is C26H37N3O6S. The van der Waals surface area contributed by atoms with Crippen molar-refractivity contribution in [2.24, 2.45) is 5.92 Å². The van der Waals surface area contributed by atoms with Crippen molar-refractivity contribution in [1.82, 2.24) is 9.62 Å². The molecule has 198 valence electrons. The lowest BCUT2D eigenvalue weighted by atomic mass is 10.0.